The highest BCUT2D eigenvalue weighted by Crippen LogP contribution is 2.30. The fraction of sp³-hybridized carbons (Fsp3) is 0.455. The van der Waals surface area contributed by atoms with Gasteiger partial charge < -0.3 is 9.47 Å². The van der Waals surface area contributed by atoms with Gasteiger partial charge in [0.25, 0.3) is 0 Å². The Morgan fingerprint density at radius 2 is 1.81 bits per heavy atom. The molecule has 27 heavy (non-hydrogen) atoms. The molecule has 1 N–H and O–H groups in total. The van der Waals surface area contributed by atoms with Crippen molar-refractivity contribution < 1.29 is 13.9 Å². The summed E-state index contributed by atoms with van der Waals surface area (Å²) in [5.74, 6) is 0.231. The lowest BCUT2D eigenvalue weighted by Crippen LogP contribution is -2.31. The number of benzene rings is 2. The summed E-state index contributed by atoms with van der Waals surface area (Å²) in [6.45, 7) is 11.3. The van der Waals surface area contributed by atoms with Gasteiger partial charge in [0.05, 0.1) is 25.4 Å². The van der Waals surface area contributed by atoms with Crippen molar-refractivity contribution in [3.8, 4) is 5.75 Å². The molecule has 0 fully saturated rings. The first-order valence-corrected chi connectivity index (χ1v) is 10.1. The van der Waals surface area contributed by atoms with Gasteiger partial charge in [0.2, 0.25) is 0 Å². The predicted octanol–water partition coefficient (Wildman–Crippen LogP) is 5.91. The Kier molecular flexibility index (Phi) is 8.14. The summed E-state index contributed by atoms with van der Waals surface area (Å²) in [6, 6.07) is 14.7. The Morgan fingerprint density at radius 1 is 1.11 bits per heavy atom. The second-order valence-electron chi connectivity index (χ2n) is 7.46. The van der Waals surface area contributed by atoms with Gasteiger partial charge in [0.15, 0.2) is 0 Å². The summed E-state index contributed by atoms with van der Waals surface area (Å²) in [7, 11) is 0. The number of halogens is 1. The second-order valence-corrected chi connectivity index (χ2v) is 9.13. The summed E-state index contributed by atoms with van der Waals surface area (Å²) in [4.78, 5) is 0. The van der Waals surface area contributed by atoms with Crippen LogP contribution in [0, 0.1) is 5.82 Å². The summed E-state index contributed by atoms with van der Waals surface area (Å²) in [5.41, 5.74) is 1.93. The van der Waals surface area contributed by atoms with Crippen LogP contribution in [0.25, 0.3) is 0 Å². The minimum Gasteiger partial charge on any atom is -0.494 e. The van der Waals surface area contributed by atoms with E-state index in [4.69, 9.17) is 9.47 Å². The first-order valence-electron chi connectivity index (χ1n) is 9.31. The van der Waals surface area contributed by atoms with Crippen LogP contribution in [0.3, 0.4) is 0 Å². The fourth-order valence-corrected chi connectivity index (χ4v) is 3.40. The monoisotopic (exact) mass is 391 g/mol. The molecule has 3 nitrogen and oxygen atoms in total. The van der Waals surface area contributed by atoms with Crippen LogP contribution in [0.1, 0.15) is 51.8 Å². The van der Waals surface area contributed by atoms with Crippen LogP contribution < -0.4 is 9.46 Å². The maximum absolute atomic E-state index is 14.1. The molecule has 0 spiro atoms. The molecule has 0 heterocycles. The molecule has 5 heteroatoms. The van der Waals surface area contributed by atoms with Crippen molar-refractivity contribution in [2.75, 3.05) is 6.61 Å². The van der Waals surface area contributed by atoms with Crippen molar-refractivity contribution in [2.45, 2.75) is 58.1 Å². The van der Waals surface area contributed by atoms with Gasteiger partial charge in [-0.05, 0) is 57.9 Å². The van der Waals surface area contributed by atoms with Gasteiger partial charge in [-0.1, -0.05) is 42.3 Å². The van der Waals surface area contributed by atoms with Gasteiger partial charge in [0, 0.05) is 10.8 Å². The average molecular weight is 392 g/mol. The molecule has 0 radical (unpaired) electrons. The van der Waals surface area contributed by atoms with E-state index < -0.39 is 0 Å². The van der Waals surface area contributed by atoms with E-state index in [0.717, 1.165) is 11.1 Å². The quantitative estimate of drug-likeness (QED) is 0.539. The third kappa shape index (κ3) is 7.53. The Balaban J connectivity index is 2.19. The zero-order valence-corrected chi connectivity index (χ0v) is 17.6. The van der Waals surface area contributed by atoms with Gasteiger partial charge >= 0.3 is 0 Å². The molecule has 2 atom stereocenters. The highest BCUT2D eigenvalue weighted by Gasteiger charge is 2.24. The summed E-state index contributed by atoms with van der Waals surface area (Å²) in [5, 5.41) is 0. The normalized spacial score (nSPS) is 14.0. The van der Waals surface area contributed by atoms with Gasteiger partial charge in [0.1, 0.15) is 11.6 Å². The minimum absolute atomic E-state index is 0.0213. The smallest absolute Gasteiger partial charge is 0.127 e. The summed E-state index contributed by atoms with van der Waals surface area (Å²) >= 11 is 1.62. The van der Waals surface area contributed by atoms with E-state index in [9.17, 15) is 4.39 Å². The third-order valence-electron chi connectivity index (χ3n) is 3.88. The lowest BCUT2D eigenvalue weighted by atomic mass is 10.0. The van der Waals surface area contributed by atoms with Crippen molar-refractivity contribution in [3.05, 3.63) is 65.5 Å². The maximum Gasteiger partial charge on any atom is 0.127 e. The van der Waals surface area contributed by atoms with E-state index in [0.29, 0.717) is 19.0 Å². The zero-order valence-electron chi connectivity index (χ0n) is 16.8. The van der Waals surface area contributed by atoms with Crippen LogP contribution >= 0.6 is 11.9 Å². The van der Waals surface area contributed by atoms with E-state index in [2.05, 4.69) is 25.5 Å². The number of hydrogen-bond donors (Lipinski definition) is 1. The van der Waals surface area contributed by atoms with E-state index >= 15 is 0 Å². The second kappa shape index (κ2) is 10.1. The molecule has 0 saturated carbocycles. The SMILES string of the molecule is CCOc1cc(F)cc([C@H](NSC(C)(C)C)[C@H](C)OCc2ccccc2)c1. The highest BCUT2D eigenvalue weighted by molar-refractivity contribution is 7.98. The Labute approximate surface area is 166 Å². The van der Waals surface area contributed by atoms with Gasteiger partial charge in [-0.25, -0.2) is 4.39 Å². The molecule has 0 amide bonds. The van der Waals surface area contributed by atoms with E-state index in [-0.39, 0.29) is 22.7 Å². The Bertz CT molecular complexity index is 703. The van der Waals surface area contributed by atoms with Crippen LogP contribution in [-0.4, -0.2) is 17.5 Å². The van der Waals surface area contributed by atoms with Crippen LogP contribution in [0.2, 0.25) is 0 Å². The van der Waals surface area contributed by atoms with E-state index in [1.807, 2.05) is 50.2 Å². The molecule has 0 aromatic heterocycles. The van der Waals surface area contributed by atoms with E-state index in [1.54, 1.807) is 18.0 Å². The molecule has 0 aliphatic heterocycles. The largest absolute Gasteiger partial charge is 0.494 e. The number of hydrogen-bond acceptors (Lipinski definition) is 4. The zero-order chi connectivity index (χ0) is 19.9. The molecular formula is C22H30FNO2S. The molecule has 0 bridgehead atoms. The summed E-state index contributed by atoms with van der Waals surface area (Å²) in [6.07, 6.45) is -0.156. The van der Waals surface area contributed by atoms with Crippen molar-refractivity contribution in [3.63, 3.8) is 0 Å². The van der Waals surface area contributed by atoms with Crippen LogP contribution in [-0.2, 0) is 11.3 Å². The van der Waals surface area contributed by atoms with E-state index in [1.165, 1.54) is 6.07 Å². The fourth-order valence-electron chi connectivity index (χ4n) is 2.59. The number of rotatable bonds is 9. The predicted molar refractivity (Wildman–Crippen MR) is 111 cm³/mol. The molecule has 0 aliphatic carbocycles. The molecular weight excluding hydrogens is 361 g/mol. The van der Waals surface area contributed by atoms with Gasteiger partial charge in [-0.15, -0.1) is 0 Å². The molecule has 148 valence electrons. The number of nitrogens with one attached hydrogen (secondary N) is 1. The van der Waals surface area contributed by atoms with Crippen molar-refractivity contribution >= 4 is 11.9 Å². The molecule has 2 aromatic carbocycles. The average Bonchev–Trinajstić information content (AvgIpc) is 2.60. The minimum atomic E-state index is -0.307. The first kappa shape index (κ1) is 21.7. The third-order valence-corrected chi connectivity index (χ3v) is 4.87. The lowest BCUT2D eigenvalue weighted by Gasteiger charge is -2.29. The van der Waals surface area contributed by atoms with Gasteiger partial charge in [-0.3, -0.25) is 4.72 Å². The van der Waals surface area contributed by atoms with Crippen molar-refractivity contribution in [2.24, 2.45) is 0 Å². The molecule has 2 aromatic rings. The molecule has 0 saturated heterocycles. The van der Waals surface area contributed by atoms with Crippen molar-refractivity contribution in [1.29, 1.82) is 0 Å². The highest BCUT2D eigenvalue weighted by atomic mass is 32.2. The van der Waals surface area contributed by atoms with Crippen LogP contribution in [0.4, 0.5) is 4.39 Å². The van der Waals surface area contributed by atoms with Crippen molar-refractivity contribution in [1.82, 2.24) is 4.72 Å². The Hall–Kier alpha value is -1.56. The van der Waals surface area contributed by atoms with Crippen LogP contribution in [0.15, 0.2) is 48.5 Å². The lowest BCUT2D eigenvalue weighted by molar-refractivity contribution is 0.0323. The summed E-state index contributed by atoms with van der Waals surface area (Å²) < 4.78 is 29.3. The Morgan fingerprint density at radius 3 is 2.44 bits per heavy atom. The number of ether oxygens (including phenoxy) is 2. The molecule has 0 unspecified atom stereocenters. The topological polar surface area (TPSA) is 30.5 Å². The van der Waals surface area contributed by atoms with Crippen LogP contribution in [0.5, 0.6) is 5.75 Å². The maximum atomic E-state index is 14.1. The first-order chi connectivity index (χ1) is 12.8. The molecule has 0 aliphatic rings. The van der Waals surface area contributed by atoms with Gasteiger partial charge in [-0.2, -0.15) is 0 Å². The molecule has 2 rings (SSSR count). The standard InChI is InChI=1S/C22H30FNO2S/c1-6-25-20-13-18(12-19(23)14-20)21(24-27-22(3,4)5)16(2)26-15-17-10-8-7-9-11-17/h7-14,16,21,24H,6,15H2,1-5H3/t16-,21+/m0/s1.